The Morgan fingerprint density at radius 1 is 1.20 bits per heavy atom. The van der Waals surface area contributed by atoms with Crippen molar-refractivity contribution in [2.24, 2.45) is 0 Å². The zero-order valence-corrected chi connectivity index (χ0v) is 15.9. The van der Waals surface area contributed by atoms with Crippen LogP contribution in [0.15, 0.2) is 48.5 Å². The summed E-state index contributed by atoms with van der Waals surface area (Å²) in [5, 5.41) is 3.38. The first-order chi connectivity index (χ1) is 11.7. The Morgan fingerprint density at radius 2 is 1.84 bits per heavy atom. The largest absolute Gasteiger partial charge is 0.350 e. The Labute approximate surface area is 153 Å². The van der Waals surface area contributed by atoms with Crippen molar-refractivity contribution in [1.82, 2.24) is 5.32 Å². The zero-order valence-electron chi connectivity index (χ0n) is 14.4. The van der Waals surface area contributed by atoms with Gasteiger partial charge in [0.25, 0.3) is 0 Å². The molecule has 0 aliphatic heterocycles. The Morgan fingerprint density at radius 3 is 2.40 bits per heavy atom. The van der Waals surface area contributed by atoms with Gasteiger partial charge in [-0.3, -0.25) is 9.10 Å². The van der Waals surface area contributed by atoms with E-state index in [4.69, 9.17) is 11.6 Å². The summed E-state index contributed by atoms with van der Waals surface area (Å²) in [5.41, 5.74) is 2.27. The number of sulfonamides is 1. The molecule has 1 atom stereocenters. The summed E-state index contributed by atoms with van der Waals surface area (Å²) in [6.07, 6.45) is 1.10. The highest BCUT2D eigenvalue weighted by atomic mass is 35.5. The Hall–Kier alpha value is -2.05. The van der Waals surface area contributed by atoms with E-state index in [1.54, 1.807) is 37.3 Å². The van der Waals surface area contributed by atoms with E-state index < -0.39 is 16.1 Å². The summed E-state index contributed by atoms with van der Waals surface area (Å²) in [6, 6.07) is 13.3. The fourth-order valence-corrected chi connectivity index (χ4v) is 3.81. The molecule has 1 amide bonds. The van der Waals surface area contributed by atoms with Gasteiger partial charge in [0.2, 0.25) is 15.9 Å². The topological polar surface area (TPSA) is 66.5 Å². The first kappa shape index (κ1) is 19.3. The molecule has 0 aromatic heterocycles. The second kappa shape index (κ2) is 7.89. The van der Waals surface area contributed by atoms with E-state index in [1.165, 1.54) is 0 Å². The van der Waals surface area contributed by atoms with Crippen LogP contribution in [0.1, 0.15) is 18.1 Å². The molecule has 7 heteroatoms. The predicted octanol–water partition coefficient (Wildman–Crippen LogP) is 3.12. The molecule has 2 rings (SSSR count). The quantitative estimate of drug-likeness (QED) is 0.837. The Balaban J connectivity index is 2.17. The lowest BCUT2D eigenvalue weighted by molar-refractivity contribution is -0.122. The van der Waals surface area contributed by atoms with Crippen LogP contribution in [0.5, 0.6) is 0 Å². The normalized spacial score (nSPS) is 12.5. The number of amides is 1. The van der Waals surface area contributed by atoms with Crippen molar-refractivity contribution in [3.63, 3.8) is 0 Å². The van der Waals surface area contributed by atoms with Crippen molar-refractivity contribution in [3.8, 4) is 0 Å². The van der Waals surface area contributed by atoms with Crippen LogP contribution in [-0.4, -0.2) is 26.6 Å². The fraction of sp³-hybridized carbons (Fsp3) is 0.278. The van der Waals surface area contributed by atoms with Crippen molar-refractivity contribution in [3.05, 3.63) is 64.7 Å². The molecule has 0 bridgehead atoms. The summed E-state index contributed by atoms with van der Waals surface area (Å²) < 4.78 is 25.6. The van der Waals surface area contributed by atoms with Gasteiger partial charge in [-0.25, -0.2) is 8.42 Å². The van der Waals surface area contributed by atoms with E-state index in [0.29, 0.717) is 17.3 Å². The molecular formula is C18H21ClN2O3S. The van der Waals surface area contributed by atoms with Crippen LogP contribution in [-0.2, 0) is 21.4 Å². The summed E-state index contributed by atoms with van der Waals surface area (Å²) in [7, 11) is -3.61. The van der Waals surface area contributed by atoms with E-state index in [0.717, 1.165) is 21.7 Å². The molecule has 0 fully saturated rings. The fourth-order valence-electron chi connectivity index (χ4n) is 2.51. The van der Waals surface area contributed by atoms with Crippen LogP contribution in [0.3, 0.4) is 0 Å². The lowest BCUT2D eigenvalue weighted by Crippen LogP contribution is -2.47. The monoisotopic (exact) mass is 380 g/mol. The number of rotatable bonds is 6. The van der Waals surface area contributed by atoms with Crippen LogP contribution >= 0.6 is 11.6 Å². The minimum absolute atomic E-state index is 0.297. The van der Waals surface area contributed by atoms with E-state index in [-0.39, 0.29) is 5.91 Å². The van der Waals surface area contributed by atoms with Gasteiger partial charge in [0.15, 0.2) is 0 Å². The first-order valence-electron chi connectivity index (χ1n) is 7.76. The lowest BCUT2D eigenvalue weighted by Gasteiger charge is -2.28. The number of nitrogens with zero attached hydrogens (tertiary/aromatic N) is 1. The zero-order chi connectivity index (χ0) is 18.6. The number of anilines is 1. The van der Waals surface area contributed by atoms with Crippen molar-refractivity contribution in [2.45, 2.75) is 26.4 Å². The molecule has 1 N–H and O–H groups in total. The van der Waals surface area contributed by atoms with Gasteiger partial charge < -0.3 is 5.32 Å². The number of nitrogens with one attached hydrogen (secondary N) is 1. The molecule has 25 heavy (non-hydrogen) atoms. The van der Waals surface area contributed by atoms with Crippen LogP contribution in [0.2, 0.25) is 5.02 Å². The Bertz CT molecular complexity index is 851. The maximum absolute atomic E-state index is 12.5. The molecule has 2 aromatic rings. The average Bonchev–Trinajstić information content (AvgIpc) is 2.53. The molecule has 0 unspecified atom stereocenters. The molecule has 0 radical (unpaired) electrons. The second-order valence-electron chi connectivity index (χ2n) is 5.92. The van der Waals surface area contributed by atoms with Crippen LogP contribution in [0, 0.1) is 6.92 Å². The molecule has 0 aliphatic rings. The molecular weight excluding hydrogens is 360 g/mol. The van der Waals surface area contributed by atoms with Gasteiger partial charge in [-0.2, -0.15) is 0 Å². The molecule has 0 saturated carbocycles. The summed E-state index contributed by atoms with van der Waals surface area (Å²) in [6.45, 7) is 3.74. The van der Waals surface area contributed by atoms with Crippen LogP contribution < -0.4 is 9.62 Å². The van der Waals surface area contributed by atoms with Gasteiger partial charge >= 0.3 is 0 Å². The molecule has 5 nitrogen and oxygen atoms in total. The standard InChI is InChI=1S/C18H21ClN2O3S/c1-13-5-4-6-17(11-13)21(25(3,23)24)14(2)18(22)20-12-15-7-9-16(19)10-8-15/h4-11,14H,12H2,1-3H3,(H,20,22)/t14-/m0/s1. The van der Waals surface area contributed by atoms with Gasteiger partial charge in [-0.15, -0.1) is 0 Å². The Kier molecular flexibility index (Phi) is 6.08. The third-order valence-electron chi connectivity index (χ3n) is 3.72. The van der Waals surface area contributed by atoms with Crippen molar-refractivity contribution >= 4 is 33.2 Å². The highest BCUT2D eigenvalue weighted by molar-refractivity contribution is 7.92. The minimum Gasteiger partial charge on any atom is -0.350 e. The predicted molar refractivity (Wildman–Crippen MR) is 101 cm³/mol. The molecule has 0 heterocycles. The van der Waals surface area contributed by atoms with Crippen molar-refractivity contribution in [2.75, 3.05) is 10.6 Å². The number of carbonyl (C=O) groups excluding carboxylic acids is 1. The average molecular weight is 381 g/mol. The van der Waals surface area contributed by atoms with Gasteiger partial charge in [0, 0.05) is 11.6 Å². The SMILES string of the molecule is Cc1cccc(N([C@@H](C)C(=O)NCc2ccc(Cl)cc2)S(C)(=O)=O)c1. The van der Waals surface area contributed by atoms with Crippen molar-refractivity contribution in [1.29, 1.82) is 0 Å². The molecule has 0 saturated heterocycles. The number of benzene rings is 2. The van der Waals surface area contributed by atoms with Crippen molar-refractivity contribution < 1.29 is 13.2 Å². The van der Waals surface area contributed by atoms with E-state index >= 15 is 0 Å². The second-order valence-corrected chi connectivity index (χ2v) is 8.21. The maximum Gasteiger partial charge on any atom is 0.243 e. The van der Waals surface area contributed by atoms with Gasteiger partial charge in [0.05, 0.1) is 11.9 Å². The lowest BCUT2D eigenvalue weighted by atomic mass is 10.2. The molecule has 2 aromatic carbocycles. The van der Waals surface area contributed by atoms with Crippen LogP contribution in [0.25, 0.3) is 0 Å². The number of hydrogen-bond acceptors (Lipinski definition) is 3. The summed E-state index contributed by atoms with van der Waals surface area (Å²) in [5.74, 6) is -0.373. The van der Waals surface area contributed by atoms with E-state index in [2.05, 4.69) is 5.32 Å². The van der Waals surface area contributed by atoms with E-state index in [9.17, 15) is 13.2 Å². The molecule has 134 valence electrons. The highest BCUT2D eigenvalue weighted by Gasteiger charge is 2.28. The number of aryl methyl sites for hydroxylation is 1. The van der Waals surface area contributed by atoms with Gasteiger partial charge in [-0.05, 0) is 49.2 Å². The maximum atomic E-state index is 12.5. The minimum atomic E-state index is -3.61. The number of carbonyl (C=O) groups is 1. The third kappa shape index (κ3) is 5.21. The van der Waals surface area contributed by atoms with Gasteiger partial charge in [-0.1, -0.05) is 35.9 Å². The number of hydrogen-bond donors (Lipinski definition) is 1. The summed E-state index contributed by atoms with van der Waals surface area (Å²) >= 11 is 5.84. The summed E-state index contributed by atoms with van der Waals surface area (Å²) in [4.78, 5) is 12.5. The molecule has 0 aliphatic carbocycles. The smallest absolute Gasteiger partial charge is 0.243 e. The third-order valence-corrected chi connectivity index (χ3v) is 5.22. The number of halogens is 1. The first-order valence-corrected chi connectivity index (χ1v) is 9.99. The molecule has 0 spiro atoms. The highest BCUT2D eigenvalue weighted by Crippen LogP contribution is 2.22. The van der Waals surface area contributed by atoms with Gasteiger partial charge in [0.1, 0.15) is 6.04 Å². The van der Waals surface area contributed by atoms with Crippen LogP contribution in [0.4, 0.5) is 5.69 Å². The van der Waals surface area contributed by atoms with E-state index in [1.807, 2.05) is 25.1 Å².